The van der Waals surface area contributed by atoms with Gasteiger partial charge in [-0.25, -0.2) is 4.79 Å². The first-order valence-electron chi connectivity index (χ1n) is 6.18. The average molecular weight is 305 g/mol. The Morgan fingerprint density at radius 3 is 2.90 bits per heavy atom. The average Bonchev–Trinajstić information content (AvgIpc) is 2.47. The molecule has 1 heterocycles. The molecule has 0 atom stereocenters. The molecule has 108 valence electrons. The fourth-order valence-corrected chi connectivity index (χ4v) is 1.95. The summed E-state index contributed by atoms with van der Waals surface area (Å²) >= 11 is 6.12. The van der Waals surface area contributed by atoms with Crippen LogP contribution in [-0.4, -0.2) is 24.0 Å². The highest BCUT2D eigenvalue weighted by molar-refractivity contribution is 6.32. The molecule has 0 radical (unpaired) electrons. The van der Waals surface area contributed by atoms with E-state index in [0.717, 1.165) is 17.0 Å². The van der Waals surface area contributed by atoms with Gasteiger partial charge in [-0.05, 0) is 12.1 Å². The van der Waals surface area contributed by atoms with Crippen molar-refractivity contribution in [1.29, 1.82) is 0 Å². The van der Waals surface area contributed by atoms with Crippen molar-refractivity contribution in [3.8, 4) is 0 Å². The summed E-state index contributed by atoms with van der Waals surface area (Å²) in [5, 5.41) is 3.80. The fourth-order valence-electron chi connectivity index (χ4n) is 1.73. The Bertz CT molecular complexity index is 713. The summed E-state index contributed by atoms with van der Waals surface area (Å²) in [5.41, 5.74) is 1.26. The van der Waals surface area contributed by atoms with Gasteiger partial charge in [-0.1, -0.05) is 29.8 Å². The van der Waals surface area contributed by atoms with Crippen molar-refractivity contribution < 1.29 is 14.3 Å². The summed E-state index contributed by atoms with van der Waals surface area (Å²) in [6.45, 7) is 0. The number of carbonyl (C=O) groups is 2. The lowest BCUT2D eigenvalue weighted by Crippen LogP contribution is -2.20. The van der Waals surface area contributed by atoms with Gasteiger partial charge in [-0.3, -0.25) is 9.78 Å². The maximum atomic E-state index is 11.8. The summed E-state index contributed by atoms with van der Waals surface area (Å²) in [4.78, 5) is 27.0. The van der Waals surface area contributed by atoms with Gasteiger partial charge >= 0.3 is 5.97 Å². The molecular formula is C15H13ClN2O3. The van der Waals surface area contributed by atoms with E-state index in [-0.39, 0.29) is 12.3 Å². The second-order valence-electron chi connectivity index (χ2n) is 4.21. The topological polar surface area (TPSA) is 68.3 Å². The monoisotopic (exact) mass is 304 g/mol. The molecule has 1 N–H and O–H groups in total. The van der Waals surface area contributed by atoms with Gasteiger partial charge in [0.1, 0.15) is 0 Å². The van der Waals surface area contributed by atoms with Crippen LogP contribution in [0.3, 0.4) is 0 Å². The number of methoxy groups -OCH3 is 1. The number of ether oxygens (including phenoxy) is 1. The van der Waals surface area contributed by atoms with E-state index < -0.39 is 5.97 Å². The summed E-state index contributed by atoms with van der Waals surface area (Å²) in [7, 11) is 1.26. The highest BCUT2D eigenvalue weighted by Gasteiger charge is 2.09. The molecule has 5 nitrogen and oxygen atoms in total. The number of pyridine rings is 1. The Morgan fingerprint density at radius 1 is 1.38 bits per heavy atom. The minimum atomic E-state index is -0.544. The van der Waals surface area contributed by atoms with Crippen LogP contribution in [0.2, 0.25) is 5.02 Å². The number of para-hydroxylation sites is 1. The van der Waals surface area contributed by atoms with E-state index in [1.165, 1.54) is 13.3 Å². The van der Waals surface area contributed by atoms with Gasteiger partial charge in [-0.2, -0.15) is 0 Å². The largest absolute Gasteiger partial charge is 0.466 e. The van der Waals surface area contributed by atoms with Crippen molar-refractivity contribution in [2.75, 3.05) is 7.11 Å². The molecule has 2 aromatic rings. The maximum Gasteiger partial charge on any atom is 0.331 e. The first-order valence-corrected chi connectivity index (χ1v) is 6.56. The van der Waals surface area contributed by atoms with Gasteiger partial charge in [0.25, 0.3) is 0 Å². The maximum absolute atomic E-state index is 11.8. The van der Waals surface area contributed by atoms with Crippen LogP contribution in [0.1, 0.15) is 5.69 Å². The van der Waals surface area contributed by atoms with Crippen LogP contribution >= 0.6 is 11.6 Å². The zero-order valence-electron chi connectivity index (χ0n) is 11.3. The van der Waals surface area contributed by atoms with Gasteiger partial charge in [-0.15, -0.1) is 0 Å². The van der Waals surface area contributed by atoms with E-state index in [2.05, 4.69) is 15.0 Å². The molecule has 0 aliphatic carbocycles. The van der Waals surface area contributed by atoms with E-state index in [1.807, 2.05) is 24.3 Å². The number of hydrogen-bond donors (Lipinski definition) is 1. The molecule has 0 saturated carbocycles. The van der Waals surface area contributed by atoms with Gasteiger partial charge in [0.2, 0.25) is 5.91 Å². The molecule has 2 rings (SSSR count). The molecule has 0 bridgehead atoms. The molecule has 1 amide bonds. The number of benzene rings is 1. The lowest BCUT2D eigenvalue weighted by atomic mass is 10.2. The van der Waals surface area contributed by atoms with Gasteiger partial charge in [0.15, 0.2) is 0 Å². The first kappa shape index (κ1) is 15.0. The number of halogens is 1. The van der Waals surface area contributed by atoms with Gasteiger partial charge < -0.3 is 10.1 Å². The molecule has 0 unspecified atom stereocenters. The predicted octanol–water partition coefficient (Wildman–Crippen LogP) is 2.23. The number of esters is 1. The highest BCUT2D eigenvalue weighted by Crippen LogP contribution is 2.21. The van der Waals surface area contributed by atoms with E-state index in [0.29, 0.717) is 10.7 Å². The standard InChI is InChI=1S/C15H13ClN2O3/c1-21-15(20)6-7-17-14(19)9-13-11(16)8-10-4-2-3-5-12(10)18-13/h2-8H,9H2,1H3,(H,17,19). The van der Waals surface area contributed by atoms with Crippen molar-refractivity contribution in [2.24, 2.45) is 0 Å². The quantitative estimate of drug-likeness (QED) is 0.695. The molecule has 0 fully saturated rings. The van der Waals surface area contributed by atoms with Gasteiger partial charge in [0, 0.05) is 17.7 Å². The Kier molecular flexibility index (Phi) is 4.90. The number of rotatable bonds is 4. The second kappa shape index (κ2) is 6.85. The second-order valence-corrected chi connectivity index (χ2v) is 4.62. The molecule has 0 aliphatic heterocycles. The zero-order valence-corrected chi connectivity index (χ0v) is 12.1. The summed E-state index contributed by atoms with van der Waals surface area (Å²) in [5.74, 6) is -0.864. The summed E-state index contributed by atoms with van der Waals surface area (Å²) < 4.78 is 4.41. The van der Waals surface area contributed by atoms with Crippen LogP contribution < -0.4 is 5.32 Å². The SMILES string of the molecule is COC(=O)C=CNC(=O)Cc1nc2ccccc2cc1Cl. The molecule has 21 heavy (non-hydrogen) atoms. The highest BCUT2D eigenvalue weighted by atomic mass is 35.5. The molecule has 0 aliphatic rings. The van der Waals surface area contributed by atoms with E-state index in [4.69, 9.17) is 11.6 Å². The third-order valence-corrected chi connectivity index (χ3v) is 3.07. The minimum absolute atomic E-state index is 0.0230. The minimum Gasteiger partial charge on any atom is -0.466 e. The van der Waals surface area contributed by atoms with Crippen LogP contribution in [-0.2, 0) is 20.7 Å². The molecule has 6 heteroatoms. The summed E-state index contributed by atoms with van der Waals surface area (Å²) in [6.07, 6.45) is 2.37. The number of nitrogens with zero attached hydrogens (tertiary/aromatic N) is 1. The fraction of sp³-hybridized carbons (Fsp3) is 0.133. The van der Waals surface area contributed by atoms with Crippen molar-refractivity contribution >= 4 is 34.4 Å². The molecular weight excluding hydrogens is 292 g/mol. The van der Waals surface area contributed by atoms with Crippen LogP contribution in [0.25, 0.3) is 10.9 Å². The Hall–Kier alpha value is -2.40. The number of amides is 1. The number of hydrogen-bond acceptors (Lipinski definition) is 4. The Labute approximate surface area is 126 Å². The third-order valence-electron chi connectivity index (χ3n) is 2.74. The van der Waals surface area contributed by atoms with E-state index in [1.54, 1.807) is 6.07 Å². The lowest BCUT2D eigenvalue weighted by Gasteiger charge is -2.05. The first-order chi connectivity index (χ1) is 10.1. The van der Waals surface area contributed by atoms with Crippen molar-refractivity contribution in [2.45, 2.75) is 6.42 Å². The molecule has 0 saturated heterocycles. The predicted molar refractivity (Wildman–Crippen MR) is 79.8 cm³/mol. The number of carbonyl (C=O) groups excluding carboxylic acids is 2. The van der Waals surface area contributed by atoms with Crippen LogP contribution in [0.15, 0.2) is 42.6 Å². The third kappa shape index (κ3) is 4.03. The van der Waals surface area contributed by atoms with Crippen LogP contribution in [0, 0.1) is 0 Å². The number of fused-ring (bicyclic) bond motifs is 1. The van der Waals surface area contributed by atoms with Crippen molar-refractivity contribution in [3.05, 3.63) is 53.3 Å². The molecule has 1 aromatic carbocycles. The zero-order chi connectivity index (χ0) is 15.2. The van der Waals surface area contributed by atoms with Crippen LogP contribution in [0.4, 0.5) is 0 Å². The molecule has 0 spiro atoms. The number of aromatic nitrogens is 1. The lowest BCUT2D eigenvalue weighted by molar-refractivity contribution is -0.134. The smallest absolute Gasteiger partial charge is 0.331 e. The van der Waals surface area contributed by atoms with Crippen molar-refractivity contribution in [1.82, 2.24) is 10.3 Å². The van der Waals surface area contributed by atoms with E-state index in [9.17, 15) is 9.59 Å². The Morgan fingerprint density at radius 2 is 2.14 bits per heavy atom. The van der Waals surface area contributed by atoms with Crippen molar-refractivity contribution in [3.63, 3.8) is 0 Å². The Balaban J connectivity index is 2.08. The molecule has 1 aromatic heterocycles. The number of nitrogens with one attached hydrogen (secondary N) is 1. The van der Waals surface area contributed by atoms with E-state index >= 15 is 0 Å². The summed E-state index contributed by atoms with van der Waals surface area (Å²) in [6, 6.07) is 9.29. The van der Waals surface area contributed by atoms with Gasteiger partial charge in [0.05, 0.1) is 29.8 Å². The van der Waals surface area contributed by atoms with Crippen LogP contribution in [0.5, 0.6) is 0 Å². The normalized spacial score (nSPS) is 10.8.